The summed E-state index contributed by atoms with van der Waals surface area (Å²) in [6.07, 6.45) is 15.2. The Kier molecular flexibility index (Phi) is 19.4. The molecule has 2 aliphatic heterocycles. The molecular formula is C37H53N9O5S3. The molecule has 17 heteroatoms. The molecule has 4 amide bonds. The highest BCUT2D eigenvalue weighted by Gasteiger charge is 2.19. The molecule has 0 unspecified atom stereocenters. The molecule has 294 valence electrons. The number of aromatic amines is 2. The van der Waals surface area contributed by atoms with Crippen molar-refractivity contribution in [3.05, 3.63) is 43.4 Å². The Balaban J connectivity index is 0.000000217. The number of thiophene rings is 2. The van der Waals surface area contributed by atoms with E-state index in [4.69, 9.17) is 0 Å². The van der Waals surface area contributed by atoms with Crippen molar-refractivity contribution in [2.45, 2.75) is 73.1 Å². The zero-order valence-electron chi connectivity index (χ0n) is 32.0. The van der Waals surface area contributed by atoms with Crippen molar-refractivity contribution in [3.8, 4) is 31.0 Å². The second kappa shape index (κ2) is 23.9. The van der Waals surface area contributed by atoms with E-state index in [1.54, 1.807) is 62.7 Å². The number of H-pyrrole nitrogens is 2. The first-order valence-corrected chi connectivity index (χ1v) is 20.7. The Hall–Kier alpha value is -4.61. The number of carbonyl (C=O) groups is 4. The maximum absolute atomic E-state index is 11.3. The number of amides is 4. The summed E-state index contributed by atoms with van der Waals surface area (Å²) in [6.45, 7) is 13.4. The van der Waals surface area contributed by atoms with E-state index >= 15 is 0 Å². The number of hydrogen-bond donors (Lipinski definition) is 4. The van der Waals surface area contributed by atoms with Gasteiger partial charge in [-0.05, 0) is 37.8 Å². The summed E-state index contributed by atoms with van der Waals surface area (Å²) >= 11 is 5.26. The molecule has 14 nitrogen and oxygen atoms in total. The first-order valence-electron chi connectivity index (χ1n) is 18.2. The third-order valence-electron chi connectivity index (χ3n) is 7.42. The van der Waals surface area contributed by atoms with Crippen LogP contribution in [0.5, 0.6) is 0 Å². The second-order valence-electron chi connectivity index (χ2n) is 12.3. The molecule has 0 radical (unpaired) electrons. The minimum absolute atomic E-state index is 0.0303. The zero-order chi connectivity index (χ0) is 39.3. The van der Waals surface area contributed by atoms with Crippen LogP contribution in [-0.4, -0.2) is 105 Å². The van der Waals surface area contributed by atoms with Crippen LogP contribution < -0.4 is 10.6 Å². The molecule has 0 saturated carbocycles. The fourth-order valence-electron chi connectivity index (χ4n) is 4.94. The normalized spacial score (nSPS) is 12.9. The van der Waals surface area contributed by atoms with Gasteiger partial charge in [-0.2, -0.15) is 0 Å². The van der Waals surface area contributed by atoms with Gasteiger partial charge in [-0.1, -0.05) is 40.5 Å². The van der Waals surface area contributed by atoms with Crippen LogP contribution in [0.25, 0.3) is 40.4 Å². The van der Waals surface area contributed by atoms with Crippen molar-refractivity contribution in [2.75, 3.05) is 46.4 Å². The summed E-state index contributed by atoms with van der Waals surface area (Å²) in [4.78, 5) is 69.8. The van der Waals surface area contributed by atoms with Gasteiger partial charge in [0.2, 0.25) is 17.7 Å². The van der Waals surface area contributed by atoms with Gasteiger partial charge < -0.3 is 35.1 Å². The lowest BCUT2D eigenvalue weighted by molar-refractivity contribution is -0.131. The number of methoxy groups -OCH3 is 1. The predicted octanol–water partition coefficient (Wildman–Crippen LogP) is 7.41. The maximum Gasteiger partial charge on any atom is 0.407 e. The van der Waals surface area contributed by atoms with Gasteiger partial charge in [-0.15, -0.1) is 34.0 Å². The van der Waals surface area contributed by atoms with Gasteiger partial charge in [0.15, 0.2) is 0 Å². The summed E-state index contributed by atoms with van der Waals surface area (Å²) in [6, 6.07) is 4.47. The van der Waals surface area contributed by atoms with Crippen LogP contribution in [0, 0.1) is 0 Å². The summed E-state index contributed by atoms with van der Waals surface area (Å²) in [5.74, 6) is -0.159. The molecule has 0 bridgehead atoms. The molecule has 2 aliphatic rings. The number of carbonyl (C=O) groups excluding carboxylic acids is 4. The minimum atomic E-state index is -0.562. The van der Waals surface area contributed by atoms with Gasteiger partial charge in [0.05, 0.1) is 59.8 Å². The molecule has 5 aromatic heterocycles. The lowest BCUT2D eigenvalue weighted by Gasteiger charge is -2.14. The third kappa shape index (κ3) is 14.3. The average molecular weight is 800 g/mol. The third-order valence-corrected chi connectivity index (χ3v) is 11.0. The van der Waals surface area contributed by atoms with Crippen molar-refractivity contribution in [3.63, 3.8) is 0 Å². The number of likely N-dealkylation sites (tertiary alicyclic amines) is 2. The number of nitrogens with one attached hydrogen (secondary N) is 4. The molecule has 5 aromatic rings. The van der Waals surface area contributed by atoms with E-state index in [0.717, 1.165) is 68.3 Å². The maximum atomic E-state index is 11.3. The van der Waals surface area contributed by atoms with Crippen LogP contribution in [0.3, 0.4) is 0 Å². The first-order chi connectivity index (χ1) is 26.1. The SMILES string of the molecule is CC(=O)NCC(=O)N1CCCC1.CCC.CCC.COC(=O)NCC(=O)N1CCCC1.c1ncc(-c2cc3sc(-c4cnc(-c5cnc[nH]5)s4)cc3s2)[nH]1. The highest BCUT2D eigenvalue weighted by atomic mass is 32.1. The number of imidazole rings is 2. The van der Waals surface area contributed by atoms with Crippen LogP contribution >= 0.6 is 34.0 Å². The van der Waals surface area contributed by atoms with Crippen molar-refractivity contribution < 1.29 is 23.9 Å². The average Bonchev–Trinajstić information content (AvgIpc) is 4.01. The summed E-state index contributed by atoms with van der Waals surface area (Å²) in [7, 11) is 1.27. The number of nitrogens with zero attached hydrogens (tertiary/aromatic N) is 5. The molecule has 7 rings (SSSR count). The molecule has 2 saturated heterocycles. The highest BCUT2D eigenvalue weighted by molar-refractivity contribution is 7.32. The highest BCUT2D eigenvalue weighted by Crippen LogP contribution is 2.43. The number of rotatable bonds is 7. The largest absolute Gasteiger partial charge is 0.453 e. The standard InChI is InChI=1S/C15H9N5S3.C8H14N2O3.C8H14N2O2.2C3H8/c1-10(8-3-16-6-19-8)21-12-2-13(22-11(1)12)14-5-18-15(23-14)9-4-17-7-20-9;1-13-8(12)9-6-7(11)10-4-2-3-5-10;1-7(11)9-6-8(12)10-4-2-3-5-10;2*1-3-2/h1-7H,(H,16,19)(H,17,20);2-6H2,1H3,(H,9,12);2-6H2,1H3,(H,9,11);2*3H2,1-2H3. The van der Waals surface area contributed by atoms with Gasteiger partial charge in [0.25, 0.3) is 0 Å². The number of alkyl carbamates (subject to hydrolysis) is 1. The van der Waals surface area contributed by atoms with Gasteiger partial charge >= 0.3 is 6.09 Å². The minimum Gasteiger partial charge on any atom is -0.453 e. The van der Waals surface area contributed by atoms with E-state index in [1.807, 2.05) is 12.4 Å². The van der Waals surface area contributed by atoms with Gasteiger partial charge in [0, 0.05) is 53.6 Å². The molecule has 0 spiro atoms. The van der Waals surface area contributed by atoms with Gasteiger partial charge in [0.1, 0.15) is 11.6 Å². The molecule has 4 N–H and O–H groups in total. The number of ether oxygens (including phenoxy) is 1. The van der Waals surface area contributed by atoms with Gasteiger partial charge in [-0.3, -0.25) is 14.4 Å². The molecule has 0 aliphatic carbocycles. The van der Waals surface area contributed by atoms with Crippen LogP contribution in [0.15, 0.2) is 43.4 Å². The summed E-state index contributed by atoms with van der Waals surface area (Å²) in [5, 5.41) is 5.81. The Labute approximate surface area is 329 Å². The monoisotopic (exact) mass is 799 g/mol. The van der Waals surface area contributed by atoms with Crippen molar-refractivity contribution >= 4 is 67.2 Å². The quantitative estimate of drug-likeness (QED) is 0.132. The number of hydrogen-bond acceptors (Lipinski definition) is 11. The fraction of sp³-hybridized carbons (Fsp3) is 0.486. The van der Waals surface area contributed by atoms with Crippen molar-refractivity contribution in [1.82, 2.24) is 45.4 Å². The van der Waals surface area contributed by atoms with E-state index in [2.05, 4.69) is 80.1 Å². The summed E-state index contributed by atoms with van der Waals surface area (Å²) < 4.78 is 6.94. The topological polar surface area (TPSA) is 178 Å². The Morgan fingerprint density at radius 2 is 1.19 bits per heavy atom. The summed E-state index contributed by atoms with van der Waals surface area (Å²) in [5.41, 5.74) is 2.03. The second-order valence-corrected chi connectivity index (χ2v) is 15.5. The molecular weight excluding hydrogens is 747 g/mol. The molecule has 0 aromatic carbocycles. The lowest BCUT2D eigenvalue weighted by atomic mass is 10.3. The predicted molar refractivity (Wildman–Crippen MR) is 219 cm³/mol. The van der Waals surface area contributed by atoms with Crippen LogP contribution in [0.1, 0.15) is 73.1 Å². The lowest BCUT2D eigenvalue weighted by Crippen LogP contribution is -2.38. The molecule has 0 atom stereocenters. The van der Waals surface area contributed by atoms with E-state index in [9.17, 15) is 19.2 Å². The van der Waals surface area contributed by atoms with Gasteiger partial charge in [-0.25, -0.2) is 19.7 Å². The van der Waals surface area contributed by atoms with E-state index in [1.165, 1.54) is 50.9 Å². The molecule has 2 fully saturated rings. The molecule has 7 heterocycles. The van der Waals surface area contributed by atoms with E-state index < -0.39 is 6.09 Å². The fourth-order valence-corrected chi connectivity index (χ4v) is 8.27. The van der Waals surface area contributed by atoms with E-state index in [-0.39, 0.29) is 30.8 Å². The van der Waals surface area contributed by atoms with Crippen LogP contribution in [0.2, 0.25) is 0 Å². The molecule has 54 heavy (non-hydrogen) atoms. The zero-order valence-corrected chi connectivity index (χ0v) is 34.5. The Morgan fingerprint density at radius 3 is 1.67 bits per heavy atom. The van der Waals surface area contributed by atoms with Crippen molar-refractivity contribution in [2.24, 2.45) is 0 Å². The Morgan fingerprint density at radius 1 is 0.704 bits per heavy atom. The Bertz CT molecular complexity index is 1790. The smallest absolute Gasteiger partial charge is 0.407 e. The van der Waals surface area contributed by atoms with Crippen molar-refractivity contribution in [1.29, 1.82) is 0 Å². The first kappa shape index (κ1) is 43.8. The number of fused-ring (bicyclic) bond motifs is 1. The van der Waals surface area contributed by atoms with E-state index in [0.29, 0.717) is 0 Å². The van der Waals surface area contributed by atoms with Crippen LogP contribution in [0.4, 0.5) is 4.79 Å². The number of aromatic nitrogens is 5. The number of thiazole rings is 1. The van der Waals surface area contributed by atoms with Crippen LogP contribution in [-0.2, 0) is 19.1 Å².